The molecular formula is C36H50O10Si. The van der Waals surface area contributed by atoms with Crippen LogP contribution in [-0.4, -0.2) is 84.3 Å². The van der Waals surface area contributed by atoms with Gasteiger partial charge in [0, 0.05) is 24.7 Å². The molecule has 8 atom stereocenters. The van der Waals surface area contributed by atoms with Crippen molar-refractivity contribution < 1.29 is 48.0 Å². The SMILES string of the molecule is CCC(=O)O[C@@]12CO[C@@H]1C[C@H](O[Si](CC)(CC)CC)[C@@]1(C)C(=O)[C@H](O)C3=C(C)C(=O)C[C@@](O)([C@@H](OC(=O)c4ccccc4)[C@H]21)C3(C)C. The third-order valence-corrected chi connectivity index (χ3v) is 17.0. The summed E-state index contributed by atoms with van der Waals surface area (Å²) in [4.78, 5) is 56.1. The van der Waals surface area contributed by atoms with E-state index in [2.05, 4.69) is 20.8 Å². The minimum Gasteiger partial charge on any atom is -0.455 e. The number of rotatable bonds is 9. The average Bonchev–Trinajstić information content (AvgIpc) is 3.05. The van der Waals surface area contributed by atoms with Crippen LogP contribution in [0, 0.1) is 16.7 Å². The molecule has 2 N–H and O–H groups in total. The van der Waals surface area contributed by atoms with Crippen LogP contribution in [0.1, 0.15) is 85.0 Å². The molecule has 5 rings (SSSR count). The molecular weight excluding hydrogens is 620 g/mol. The molecule has 1 aromatic carbocycles. The third-order valence-electron chi connectivity index (χ3n) is 12.3. The Morgan fingerprint density at radius 3 is 2.17 bits per heavy atom. The van der Waals surface area contributed by atoms with Gasteiger partial charge in [0.1, 0.15) is 23.9 Å². The van der Waals surface area contributed by atoms with E-state index >= 15 is 4.79 Å². The van der Waals surface area contributed by atoms with Crippen molar-refractivity contribution in [2.24, 2.45) is 16.7 Å². The van der Waals surface area contributed by atoms with Crippen molar-refractivity contribution in [1.29, 1.82) is 0 Å². The second-order valence-electron chi connectivity index (χ2n) is 14.6. The molecule has 11 heteroatoms. The number of carbonyl (C=O) groups is 4. The molecule has 258 valence electrons. The minimum atomic E-state index is -2.44. The number of hydrogen-bond donors (Lipinski definition) is 2. The van der Waals surface area contributed by atoms with E-state index in [0.29, 0.717) is 0 Å². The normalized spacial score (nSPS) is 36.3. The minimum absolute atomic E-state index is 0.0285. The highest BCUT2D eigenvalue weighted by Crippen LogP contribution is 2.64. The van der Waals surface area contributed by atoms with Crippen LogP contribution in [0.4, 0.5) is 0 Å². The van der Waals surface area contributed by atoms with Crippen molar-refractivity contribution in [3.63, 3.8) is 0 Å². The summed E-state index contributed by atoms with van der Waals surface area (Å²) in [6, 6.07) is 10.6. The van der Waals surface area contributed by atoms with Crippen molar-refractivity contribution >= 4 is 31.8 Å². The lowest BCUT2D eigenvalue weighted by Gasteiger charge is -2.68. The van der Waals surface area contributed by atoms with Crippen LogP contribution in [0.5, 0.6) is 0 Å². The molecule has 1 saturated heterocycles. The zero-order valence-electron chi connectivity index (χ0n) is 28.9. The van der Waals surface area contributed by atoms with Crippen LogP contribution in [-0.2, 0) is 33.0 Å². The van der Waals surface area contributed by atoms with Crippen LogP contribution in [0.2, 0.25) is 18.1 Å². The number of Topliss-reactive ketones (excluding diaryl/α,β-unsaturated/α-hetero) is 2. The van der Waals surface area contributed by atoms with Gasteiger partial charge in [-0.2, -0.15) is 0 Å². The van der Waals surface area contributed by atoms with Gasteiger partial charge in [-0.3, -0.25) is 14.4 Å². The second-order valence-corrected chi connectivity index (χ2v) is 19.3. The van der Waals surface area contributed by atoms with Gasteiger partial charge in [-0.1, -0.05) is 59.7 Å². The lowest BCUT2D eigenvalue weighted by molar-refractivity contribution is -0.343. The van der Waals surface area contributed by atoms with Gasteiger partial charge >= 0.3 is 11.9 Å². The molecule has 4 aliphatic rings. The molecule has 3 aliphatic carbocycles. The zero-order chi connectivity index (χ0) is 34.7. The van der Waals surface area contributed by atoms with Gasteiger partial charge in [0.25, 0.3) is 0 Å². The van der Waals surface area contributed by atoms with Gasteiger partial charge in [0.2, 0.25) is 0 Å². The van der Waals surface area contributed by atoms with E-state index in [1.54, 1.807) is 65.0 Å². The first kappa shape index (κ1) is 35.6. The molecule has 1 aromatic rings. The third kappa shape index (κ3) is 5.10. The highest BCUT2D eigenvalue weighted by Gasteiger charge is 2.78. The second kappa shape index (κ2) is 12.3. The molecule has 2 bridgehead atoms. The fourth-order valence-electron chi connectivity index (χ4n) is 8.95. The molecule has 1 aliphatic heterocycles. The molecule has 2 saturated carbocycles. The first-order valence-electron chi connectivity index (χ1n) is 17.0. The Hall–Kier alpha value is -2.70. The molecule has 0 aromatic heterocycles. The number of ether oxygens (including phenoxy) is 3. The molecule has 0 spiro atoms. The van der Waals surface area contributed by atoms with Crippen LogP contribution in [0.25, 0.3) is 0 Å². The van der Waals surface area contributed by atoms with E-state index in [9.17, 15) is 24.6 Å². The Morgan fingerprint density at radius 2 is 1.64 bits per heavy atom. The number of esters is 2. The quantitative estimate of drug-likeness (QED) is 0.280. The number of aliphatic hydroxyl groups is 2. The average molecular weight is 671 g/mol. The van der Waals surface area contributed by atoms with E-state index in [0.717, 1.165) is 18.1 Å². The molecule has 3 fully saturated rings. The summed E-state index contributed by atoms with van der Waals surface area (Å²) < 4.78 is 25.9. The molecule has 0 amide bonds. The summed E-state index contributed by atoms with van der Waals surface area (Å²) in [7, 11) is -2.44. The Balaban J connectivity index is 1.85. The highest BCUT2D eigenvalue weighted by atomic mass is 28.4. The van der Waals surface area contributed by atoms with E-state index in [4.69, 9.17) is 18.6 Å². The van der Waals surface area contributed by atoms with Crippen molar-refractivity contribution in [2.45, 2.75) is 128 Å². The first-order chi connectivity index (χ1) is 22.0. The van der Waals surface area contributed by atoms with Crippen molar-refractivity contribution in [3.05, 3.63) is 47.0 Å². The molecule has 0 radical (unpaired) electrons. The van der Waals surface area contributed by atoms with Gasteiger partial charge in [-0.05, 0) is 55.3 Å². The monoisotopic (exact) mass is 670 g/mol. The van der Waals surface area contributed by atoms with E-state index < -0.39 is 90.6 Å². The van der Waals surface area contributed by atoms with Crippen molar-refractivity contribution in [3.8, 4) is 0 Å². The zero-order valence-corrected chi connectivity index (χ0v) is 29.9. The van der Waals surface area contributed by atoms with Crippen molar-refractivity contribution in [1.82, 2.24) is 0 Å². The molecule has 10 nitrogen and oxygen atoms in total. The predicted molar refractivity (Wildman–Crippen MR) is 175 cm³/mol. The van der Waals surface area contributed by atoms with Crippen LogP contribution in [0.3, 0.4) is 0 Å². The first-order valence-corrected chi connectivity index (χ1v) is 19.5. The number of hydrogen-bond acceptors (Lipinski definition) is 10. The number of benzene rings is 1. The van der Waals surface area contributed by atoms with Gasteiger partial charge in [0.05, 0.1) is 29.6 Å². The number of allylic oxidation sites excluding steroid dienone is 1. The smallest absolute Gasteiger partial charge is 0.338 e. The molecule has 47 heavy (non-hydrogen) atoms. The Morgan fingerprint density at radius 1 is 1.02 bits per heavy atom. The largest absolute Gasteiger partial charge is 0.455 e. The summed E-state index contributed by atoms with van der Waals surface area (Å²) in [6.07, 6.45) is -5.13. The topological polar surface area (TPSA) is 146 Å². The van der Waals surface area contributed by atoms with E-state index in [1.807, 2.05) is 0 Å². The van der Waals surface area contributed by atoms with E-state index in [1.165, 1.54) is 0 Å². The van der Waals surface area contributed by atoms with Crippen molar-refractivity contribution in [2.75, 3.05) is 6.61 Å². The van der Waals surface area contributed by atoms with Gasteiger partial charge < -0.3 is 28.8 Å². The maximum Gasteiger partial charge on any atom is 0.338 e. The number of fused-ring (bicyclic) bond motifs is 5. The van der Waals surface area contributed by atoms with Gasteiger partial charge in [-0.15, -0.1) is 0 Å². The Bertz CT molecular complexity index is 1460. The van der Waals surface area contributed by atoms with Crippen LogP contribution < -0.4 is 0 Å². The number of carbonyl (C=O) groups excluding carboxylic acids is 4. The van der Waals surface area contributed by atoms with Crippen LogP contribution in [0.15, 0.2) is 41.5 Å². The summed E-state index contributed by atoms with van der Waals surface area (Å²) in [6.45, 7) is 14.3. The van der Waals surface area contributed by atoms with Gasteiger partial charge in [-0.25, -0.2) is 4.79 Å². The Kier molecular flexibility index (Phi) is 9.33. The van der Waals surface area contributed by atoms with Gasteiger partial charge in [0.15, 0.2) is 25.5 Å². The lowest BCUT2D eigenvalue weighted by Crippen LogP contribution is -2.82. The molecule has 0 unspecified atom stereocenters. The summed E-state index contributed by atoms with van der Waals surface area (Å²) in [5.41, 5.74) is -6.23. The maximum atomic E-state index is 15.2. The predicted octanol–water partition coefficient (Wildman–Crippen LogP) is 4.71. The maximum absolute atomic E-state index is 15.2. The Labute approximate surface area is 278 Å². The summed E-state index contributed by atoms with van der Waals surface area (Å²) >= 11 is 0. The van der Waals surface area contributed by atoms with Crippen LogP contribution >= 0.6 is 0 Å². The van der Waals surface area contributed by atoms with E-state index in [-0.39, 0.29) is 36.2 Å². The molecule has 1 heterocycles. The highest BCUT2D eigenvalue weighted by molar-refractivity contribution is 6.73. The summed E-state index contributed by atoms with van der Waals surface area (Å²) in [5, 5.41) is 25.1. The fraction of sp³-hybridized carbons (Fsp3) is 0.667. The lowest BCUT2D eigenvalue weighted by atomic mass is 9.45. The number of aliphatic hydroxyl groups excluding tert-OH is 1. The summed E-state index contributed by atoms with van der Waals surface area (Å²) in [5.74, 6) is -3.67. The standard InChI is InChI=1S/C36H50O10Si/c1-9-26(38)45-35-20-43-25(35)18-24(46-47(10-2,11-3)12-4)34(8)29(35)31(44-32(41)22-16-14-13-15-17-22)36(42)19-23(37)21(5)27(33(36,6)7)28(39)30(34)40/h13-17,24-25,28-29,31,39,42H,9-12,18-20H2,1-8H3/t24-,25+,28+,29-,31-,34+,35-,36+/m0/s1. The fourth-order valence-corrected chi connectivity index (χ4v) is 11.9. The number of ketones is 2.